The number of nitrogens with zero attached hydrogens (tertiary/aromatic N) is 2. The lowest BCUT2D eigenvalue weighted by Crippen LogP contribution is -2.01. The highest BCUT2D eigenvalue weighted by Gasteiger charge is 2.06. The fraction of sp³-hybridized carbons (Fsp3) is 0.222. The molecule has 0 N–H and O–H groups in total. The molecule has 0 radical (unpaired) electrons. The first-order valence-electron chi connectivity index (χ1n) is 7.93. The van der Waals surface area contributed by atoms with E-state index in [4.69, 9.17) is 13.6 Å². The summed E-state index contributed by atoms with van der Waals surface area (Å²) in [5, 5.41) is 1.37. The second-order valence-electron chi connectivity index (χ2n) is 5.20. The van der Waals surface area contributed by atoms with Crippen LogP contribution in [0.2, 0.25) is 0 Å². The van der Waals surface area contributed by atoms with Crippen molar-refractivity contribution in [2.75, 3.05) is 24.7 Å². The van der Waals surface area contributed by atoms with E-state index in [0.29, 0.717) is 23.7 Å². The van der Waals surface area contributed by atoms with Gasteiger partial charge in [0.15, 0.2) is 11.2 Å². The van der Waals surface area contributed by atoms with Crippen molar-refractivity contribution in [1.82, 2.24) is 9.97 Å². The van der Waals surface area contributed by atoms with Gasteiger partial charge in [-0.3, -0.25) is 0 Å². The van der Waals surface area contributed by atoms with E-state index in [1.54, 1.807) is 23.5 Å². The number of thioether (sulfide) groups is 2. The number of hydrogen-bond donors (Lipinski definition) is 0. The third-order valence-corrected chi connectivity index (χ3v) is 5.04. The Kier molecular flexibility index (Phi) is 5.25. The van der Waals surface area contributed by atoms with Crippen LogP contribution in [0.3, 0.4) is 0 Å². The molecule has 0 saturated heterocycles. The molecule has 0 aliphatic rings. The summed E-state index contributed by atoms with van der Waals surface area (Å²) in [6.07, 6.45) is 0. The zero-order valence-corrected chi connectivity index (χ0v) is 15.0. The summed E-state index contributed by atoms with van der Waals surface area (Å²) in [6.45, 7) is 1.30. The predicted molar refractivity (Wildman–Crippen MR) is 100 cm³/mol. The zero-order valence-electron chi connectivity index (χ0n) is 13.4. The Morgan fingerprint density at radius 2 is 1.20 bits per heavy atom. The minimum absolute atomic E-state index is 0.650. The first-order valence-corrected chi connectivity index (χ1v) is 9.90. The van der Waals surface area contributed by atoms with Gasteiger partial charge >= 0.3 is 0 Å². The summed E-state index contributed by atoms with van der Waals surface area (Å²) >= 11 is 3.13. The number of fused-ring (bicyclic) bond motifs is 2. The average molecular weight is 372 g/mol. The summed E-state index contributed by atoms with van der Waals surface area (Å²) in [5.74, 6) is 1.61. The number of oxazole rings is 2. The van der Waals surface area contributed by atoms with Crippen molar-refractivity contribution in [1.29, 1.82) is 0 Å². The molecule has 0 spiro atoms. The predicted octanol–water partition coefficient (Wildman–Crippen LogP) is 4.87. The van der Waals surface area contributed by atoms with Crippen molar-refractivity contribution in [2.24, 2.45) is 0 Å². The molecule has 0 aliphatic heterocycles. The number of rotatable bonds is 8. The lowest BCUT2D eigenvalue weighted by molar-refractivity contribution is 0.167. The summed E-state index contributed by atoms with van der Waals surface area (Å²) in [7, 11) is 0. The van der Waals surface area contributed by atoms with Gasteiger partial charge in [-0.15, -0.1) is 0 Å². The molecule has 25 heavy (non-hydrogen) atoms. The minimum atomic E-state index is 0.650. The zero-order chi connectivity index (χ0) is 16.9. The van der Waals surface area contributed by atoms with E-state index in [1.807, 2.05) is 48.5 Å². The minimum Gasteiger partial charge on any atom is -0.431 e. The molecule has 0 fully saturated rings. The van der Waals surface area contributed by atoms with Gasteiger partial charge in [-0.05, 0) is 24.3 Å². The Balaban J connectivity index is 1.15. The number of para-hydroxylation sites is 4. The summed E-state index contributed by atoms with van der Waals surface area (Å²) in [4.78, 5) is 8.85. The Bertz CT molecular complexity index is 823. The lowest BCUT2D eigenvalue weighted by atomic mass is 10.3. The number of ether oxygens (including phenoxy) is 1. The Hall–Kier alpha value is -1.96. The highest BCUT2D eigenvalue weighted by atomic mass is 32.2. The van der Waals surface area contributed by atoms with Crippen LogP contribution in [-0.4, -0.2) is 34.7 Å². The van der Waals surface area contributed by atoms with Crippen molar-refractivity contribution in [3.05, 3.63) is 48.5 Å². The van der Waals surface area contributed by atoms with Gasteiger partial charge in [0.25, 0.3) is 10.4 Å². The quantitative estimate of drug-likeness (QED) is 0.323. The van der Waals surface area contributed by atoms with Gasteiger partial charge in [-0.1, -0.05) is 47.8 Å². The Labute approximate surface area is 153 Å². The third kappa shape index (κ3) is 4.18. The molecule has 0 atom stereocenters. The third-order valence-electron chi connectivity index (χ3n) is 3.45. The molecule has 0 saturated carbocycles. The van der Waals surface area contributed by atoms with Gasteiger partial charge in [0, 0.05) is 11.5 Å². The van der Waals surface area contributed by atoms with Crippen LogP contribution >= 0.6 is 23.5 Å². The van der Waals surface area contributed by atoms with E-state index in [-0.39, 0.29) is 0 Å². The fourth-order valence-electron chi connectivity index (χ4n) is 2.30. The van der Waals surface area contributed by atoms with Crippen LogP contribution < -0.4 is 0 Å². The molecule has 2 aromatic heterocycles. The number of benzene rings is 2. The molecule has 5 nitrogen and oxygen atoms in total. The van der Waals surface area contributed by atoms with Crippen molar-refractivity contribution in [2.45, 2.75) is 10.4 Å². The molecule has 0 bridgehead atoms. The van der Waals surface area contributed by atoms with Gasteiger partial charge in [-0.25, -0.2) is 9.97 Å². The number of aromatic nitrogens is 2. The maximum atomic E-state index is 5.65. The molecule has 0 amide bonds. The van der Waals surface area contributed by atoms with E-state index in [1.165, 1.54) is 0 Å². The summed E-state index contributed by atoms with van der Waals surface area (Å²) in [6, 6.07) is 15.5. The lowest BCUT2D eigenvalue weighted by Gasteiger charge is -2.01. The molecule has 0 aliphatic carbocycles. The SMILES string of the molecule is c1ccc2oc(SCCOCCSc3nc4ccccc4o3)nc2c1. The van der Waals surface area contributed by atoms with Crippen LogP contribution in [0, 0.1) is 0 Å². The molecule has 4 rings (SSSR count). The van der Waals surface area contributed by atoms with E-state index < -0.39 is 0 Å². The van der Waals surface area contributed by atoms with Crippen LogP contribution in [0.15, 0.2) is 67.8 Å². The van der Waals surface area contributed by atoms with Crippen molar-refractivity contribution < 1.29 is 13.6 Å². The Morgan fingerprint density at radius 1 is 0.720 bits per heavy atom. The highest BCUT2D eigenvalue weighted by Crippen LogP contribution is 2.24. The van der Waals surface area contributed by atoms with E-state index in [9.17, 15) is 0 Å². The molecule has 2 heterocycles. The first-order chi connectivity index (χ1) is 12.4. The molecule has 4 aromatic rings. The second-order valence-corrected chi connectivity index (χ2v) is 7.30. The van der Waals surface area contributed by atoms with Crippen LogP contribution in [0.25, 0.3) is 22.2 Å². The second kappa shape index (κ2) is 7.95. The van der Waals surface area contributed by atoms with Gasteiger partial charge < -0.3 is 13.6 Å². The smallest absolute Gasteiger partial charge is 0.256 e. The maximum absolute atomic E-state index is 5.65. The van der Waals surface area contributed by atoms with Crippen LogP contribution in [-0.2, 0) is 4.74 Å². The molecular formula is C18H16N2O3S2. The molecule has 128 valence electrons. The molecule has 0 unspecified atom stereocenters. The first kappa shape index (κ1) is 16.5. The average Bonchev–Trinajstić information content (AvgIpc) is 3.23. The monoisotopic (exact) mass is 372 g/mol. The fourth-order valence-corrected chi connectivity index (χ4v) is 3.68. The maximum Gasteiger partial charge on any atom is 0.256 e. The van der Waals surface area contributed by atoms with Crippen LogP contribution in [0.5, 0.6) is 0 Å². The molecular weight excluding hydrogens is 356 g/mol. The van der Waals surface area contributed by atoms with Crippen LogP contribution in [0.1, 0.15) is 0 Å². The molecule has 2 aromatic carbocycles. The summed E-state index contributed by atoms with van der Waals surface area (Å²) in [5.41, 5.74) is 3.42. The van der Waals surface area contributed by atoms with Crippen molar-refractivity contribution >= 4 is 45.7 Å². The Morgan fingerprint density at radius 3 is 1.68 bits per heavy atom. The topological polar surface area (TPSA) is 61.3 Å². The number of hydrogen-bond acceptors (Lipinski definition) is 7. The van der Waals surface area contributed by atoms with Gasteiger partial charge in [-0.2, -0.15) is 0 Å². The van der Waals surface area contributed by atoms with Crippen LogP contribution in [0.4, 0.5) is 0 Å². The summed E-state index contributed by atoms with van der Waals surface area (Å²) < 4.78 is 17.0. The van der Waals surface area contributed by atoms with Crippen molar-refractivity contribution in [3.63, 3.8) is 0 Å². The highest BCUT2D eigenvalue weighted by molar-refractivity contribution is 7.99. The molecule has 7 heteroatoms. The largest absolute Gasteiger partial charge is 0.431 e. The normalized spacial score (nSPS) is 11.5. The van der Waals surface area contributed by atoms with Crippen molar-refractivity contribution in [3.8, 4) is 0 Å². The van der Waals surface area contributed by atoms with E-state index in [0.717, 1.165) is 33.7 Å². The van der Waals surface area contributed by atoms with Gasteiger partial charge in [0.05, 0.1) is 13.2 Å². The standard InChI is InChI=1S/C18H16N2O3S2/c1-3-7-15-13(5-1)19-17(22-15)24-11-9-21-10-12-25-18-20-14-6-2-4-8-16(14)23-18/h1-8H,9-12H2. The van der Waals surface area contributed by atoms with E-state index in [2.05, 4.69) is 9.97 Å². The van der Waals surface area contributed by atoms with E-state index >= 15 is 0 Å². The van der Waals surface area contributed by atoms with Gasteiger partial charge in [0.2, 0.25) is 0 Å². The van der Waals surface area contributed by atoms with Gasteiger partial charge in [0.1, 0.15) is 11.0 Å².